The molecule has 0 heterocycles. The molecule has 2 nitrogen and oxygen atoms in total. The molecule has 0 fully saturated rings. The van der Waals surface area contributed by atoms with Gasteiger partial charge in [-0.3, -0.25) is 4.79 Å². The lowest BCUT2D eigenvalue weighted by molar-refractivity contribution is -0.115. The lowest BCUT2D eigenvalue weighted by Gasteiger charge is -2.06. The van der Waals surface area contributed by atoms with Crippen molar-refractivity contribution in [3.05, 3.63) is 48.9 Å². The van der Waals surface area contributed by atoms with E-state index >= 15 is 0 Å². The van der Waals surface area contributed by atoms with Gasteiger partial charge in [0, 0.05) is 23.9 Å². The molecule has 19 heavy (non-hydrogen) atoms. The van der Waals surface area contributed by atoms with Crippen LogP contribution in [0.3, 0.4) is 0 Å². The van der Waals surface area contributed by atoms with Gasteiger partial charge in [0.25, 0.3) is 0 Å². The highest BCUT2D eigenvalue weighted by atomic mass is 16.1. The average Bonchev–Trinajstić information content (AvgIpc) is 2.38. The number of allylic oxidation sites excluding steroid dienone is 5. The molecule has 0 amide bonds. The van der Waals surface area contributed by atoms with Crippen LogP contribution in [0.2, 0.25) is 0 Å². The van der Waals surface area contributed by atoms with Crippen molar-refractivity contribution in [1.29, 1.82) is 0 Å². The van der Waals surface area contributed by atoms with Crippen molar-refractivity contribution < 1.29 is 4.79 Å². The van der Waals surface area contributed by atoms with Crippen LogP contribution in [0.15, 0.2) is 48.9 Å². The molecule has 0 aromatic heterocycles. The van der Waals surface area contributed by atoms with Gasteiger partial charge < -0.3 is 5.32 Å². The highest BCUT2D eigenvalue weighted by Crippen LogP contribution is 2.11. The third-order valence-electron chi connectivity index (χ3n) is 2.72. The molecule has 0 bridgehead atoms. The average molecular weight is 261 g/mol. The van der Waals surface area contributed by atoms with E-state index in [-0.39, 0.29) is 5.78 Å². The summed E-state index contributed by atoms with van der Waals surface area (Å²) in [5, 5.41) is 3.02. The highest BCUT2D eigenvalue weighted by Gasteiger charge is 2.07. The van der Waals surface area contributed by atoms with Crippen LogP contribution in [0.4, 0.5) is 0 Å². The zero-order valence-electron chi connectivity index (χ0n) is 12.4. The second-order valence-electron chi connectivity index (χ2n) is 4.70. The van der Waals surface area contributed by atoms with Gasteiger partial charge in [0.2, 0.25) is 0 Å². The summed E-state index contributed by atoms with van der Waals surface area (Å²) >= 11 is 0. The number of unbranched alkanes of at least 4 members (excludes halogenated alkanes) is 3. The van der Waals surface area contributed by atoms with E-state index in [0.717, 1.165) is 24.1 Å². The first kappa shape index (κ1) is 17.4. The molecule has 0 saturated carbocycles. The Hall–Kier alpha value is -1.57. The molecule has 0 saturated heterocycles. The summed E-state index contributed by atoms with van der Waals surface area (Å²) in [7, 11) is 0. The first-order valence-electron chi connectivity index (χ1n) is 7.03. The van der Waals surface area contributed by atoms with Crippen LogP contribution < -0.4 is 5.32 Å². The van der Waals surface area contributed by atoms with E-state index in [4.69, 9.17) is 0 Å². The number of hydrogen-bond acceptors (Lipinski definition) is 2. The Kier molecular flexibility index (Phi) is 10.6. The van der Waals surface area contributed by atoms with Crippen LogP contribution in [-0.2, 0) is 4.79 Å². The third-order valence-corrected chi connectivity index (χ3v) is 2.72. The molecule has 0 aliphatic carbocycles. The predicted molar refractivity (Wildman–Crippen MR) is 83.8 cm³/mol. The molecule has 0 unspecified atom stereocenters. The highest BCUT2D eigenvalue weighted by molar-refractivity contribution is 5.95. The Balaban J connectivity index is 4.40. The summed E-state index contributed by atoms with van der Waals surface area (Å²) in [5.41, 5.74) is 1.64. The van der Waals surface area contributed by atoms with E-state index in [9.17, 15) is 4.79 Å². The van der Waals surface area contributed by atoms with Crippen molar-refractivity contribution in [3.63, 3.8) is 0 Å². The number of carbonyl (C=O) groups excluding carboxylic acids is 1. The van der Waals surface area contributed by atoms with Gasteiger partial charge in [0.05, 0.1) is 0 Å². The number of rotatable bonds is 11. The van der Waals surface area contributed by atoms with Gasteiger partial charge >= 0.3 is 0 Å². The van der Waals surface area contributed by atoms with Gasteiger partial charge in [-0.2, -0.15) is 0 Å². The molecule has 0 rings (SSSR count). The summed E-state index contributed by atoms with van der Waals surface area (Å²) in [4.78, 5) is 12.1. The van der Waals surface area contributed by atoms with E-state index in [0.29, 0.717) is 12.8 Å². The molecule has 0 aromatic rings. The van der Waals surface area contributed by atoms with Gasteiger partial charge in [0.1, 0.15) is 0 Å². The molecule has 0 atom stereocenters. The Bertz CT molecular complexity index is 350. The van der Waals surface area contributed by atoms with Crippen molar-refractivity contribution in [2.24, 2.45) is 0 Å². The minimum atomic E-state index is 0.221. The van der Waals surface area contributed by atoms with E-state index in [1.54, 1.807) is 12.3 Å². The molecule has 0 radical (unpaired) electrons. The van der Waals surface area contributed by atoms with E-state index in [1.165, 1.54) is 12.8 Å². The van der Waals surface area contributed by atoms with Crippen LogP contribution in [0.25, 0.3) is 0 Å². The third kappa shape index (κ3) is 10.1. The van der Waals surface area contributed by atoms with Crippen molar-refractivity contribution in [2.75, 3.05) is 0 Å². The molecule has 0 aliphatic heterocycles. The topological polar surface area (TPSA) is 29.1 Å². The Morgan fingerprint density at radius 2 is 2.00 bits per heavy atom. The number of Topliss-reactive ketones (excluding diaryl/α,β-unsaturated/α-hetero) is 1. The second kappa shape index (κ2) is 11.5. The smallest absolute Gasteiger partial charge is 0.160 e. The van der Waals surface area contributed by atoms with Crippen LogP contribution in [0.1, 0.15) is 52.4 Å². The summed E-state index contributed by atoms with van der Waals surface area (Å²) in [6.07, 6.45) is 13.1. The molecule has 0 spiro atoms. The maximum atomic E-state index is 12.1. The van der Waals surface area contributed by atoms with E-state index in [1.807, 2.05) is 19.1 Å². The fourth-order valence-electron chi connectivity index (χ4n) is 1.63. The number of hydrogen-bond donors (Lipinski definition) is 1. The molecule has 0 aliphatic rings. The lowest BCUT2D eigenvalue weighted by Crippen LogP contribution is -2.08. The predicted octanol–water partition coefficient (Wildman–Crippen LogP) is 4.67. The van der Waals surface area contributed by atoms with Gasteiger partial charge in [0.15, 0.2) is 5.78 Å². The molecule has 1 N–H and O–H groups in total. The van der Waals surface area contributed by atoms with Gasteiger partial charge in [-0.15, -0.1) is 0 Å². The molecule has 2 heteroatoms. The minimum absolute atomic E-state index is 0.221. The Morgan fingerprint density at radius 3 is 2.58 bits per heavy atom. The van der Waals surface area contributed by atoms with Crippen molar-refractivity contribution >= 4 is 5.78 Å². The monoisotopic (exact) mass is 261 g/mol. The SMILES string of the molecule is C=C/C=C\C/C(=C\NC(=C)C)C(=O)CCCCCC. The summed E-state index contributed by atoms with van der Waals surface area (Å²) < 4.78 is 0. The fraction of sp³-hybridized carbons (Fsp3) is 0.471. The number of carbonyl (C=O) groups is 1. The molecule has 0 aromatic carbocycles. The quantitative estimate of drug-likeness (QED) is 0.333. The fourth-order valence-corrected chi connectivity index (χ4v) is 1.63. The summed E-state index contributed by atoms with van der Waals surface area (Å²) in [6.45, 7) is 11.4. The van der Waals surface area contributed by atoms with Gasteiger partial charge in [-0.05, 0) is 19.8 Å². The molecular weight excluding hydrogens is 234 g/mol. The lowest BCUT2D eigenvalue weighted by atomic mass is 10.0. The number of ketones is 1. The standard InChI is InChI=1S/C17H27NO/c1-5-7-9-11-13-17(19)16(12-10-8-6-2)14-18-15(3)4/h6,8,10,14,18H,2-3,5,7,9,11-13H2,1,4H3/b10-8-,16-14+. The van der Waals surface area contributed by atoms with Gasteiger partial charge in [-0.1, -0.05) is 57.6 Å². The first-order valence-corrected chi connectivity index (χ1v) is 7.03. The normalized spacial score (nSPS) is 11.6. The minimum Gasteiger partial charge on any atom is -0.365 e. The largest absolute Gasteiger partial charge is 0.365 e. The summed E-state index contributed by atoms with van der Waals surface area (Å²) in [6, 6.07) is 0. The first-order chi connectivity index (χ1) is 9.11. The van der Waals surface area contributed by atoms with Crippen LogP contribution in [0.5, 0.6) is 0 Å². The Morgan fingerprint density at radius 1 is 1.26 bits per heavy atom. The second-order valence-corrected chi connectivity index (χ2v) is 4.70. The Labute approximate surface area is 118 Å². The zero-order valence-corrected chi connectivity index (χ0v) is 12.4. The molecular formula is C17H27NO. The van der Waals surface area contributed by atoms with Crippen molar-refractivity contribution in [1.82, 2.24) is 5.32 Å². The van der Waals surface area contributed by atoms with Crippen LogP contribution in [0, 0.1) is 0 Å². The van der Waals surface area contributed by atoms with Gasteiger partial charge in [-0.25, -0.2) is 0 Å². The van der Waals surface area contributed by atoms with Crippen LogP contribution >= 0.6 is 0 Å². The number of nitrogens with one attached hydrogen (secondary N) is 1. The maximum absolute atomic E-state index is 12.1. The van der Waals surface area contributed by atoms with Crippen molar-refractivity contribution in [2.45, 2.75) is 52.4 Å². The summed E-state index contributed by atoms with van der Waals surface area (Å²) in [5.74, 6) is 0.221. The van der Waals surface area contributed by atoms with Crippen molar-refractivity contribution in [3.8, 4) is 0 Å². The molecule has 106 valence electrons. The van der Waals surface area contributed by atoms with E-state index in [2.05, 4.69) is 25.4 Å². The van der Waals surface area contributed by atoms with E-state index < -0.39 is 0 Å². The maximum Gasteiger partial charge on any atom is 0.160 e. The van der Waals surface area contributed by atoms with Crippen LogP contribution in [-0.4, -0.2) is 5.78 Å². The zero-order chi connectivity index (χ0) is 14.5.